The van der Waals surface area contributed by atoms with Gasteiger partial charge in [0, 0.05) is 34.9 Å². The van der Waals surface area contributed by atoms with E-state index in [2.05, 4.69) is 9.73 Å². The van der Waals surface area contributed by atoms with Crippen LogP contribution in [0.25, 0.3) is 11.1 Å². The molecule has 4 rings (SSSR count). The van der Waals surface area contributed by atoms with Gasteiger partial charge in [-0.05, 0) is 74.4 Å². The molecule has 0 fully saturated rings. The lowest BCUT2D eigenvalue weighted by Gasteiger charge is -2.34. The Kier molecular flexibility index (Phi) is 8.83. The fraction of sp³-hybridized carbons (Fsp3) is 0.207. The van der Waals surface area contributed by atoms with E-state index in [1.165, 1.54) is 23.7 Å². The number of nitrogens with two attached hydrogens (primary N) is 1. The molecule has 0 saturated carbocycles. The van der Waals surface area contributed by atoms with Crippen LogP contribution in [0, 0.1) is 5.41 Å². The highest BCUT2D eigenvalue weighted by Gasteiger charge is 2.32. The van der Waals surface area contributed by atoms with Gasteiger partial charge in [0.05, 0.1) is 23.5 Å². The van der Waals surface area contributed by atoms with Gasteiger partial charge in [-0.25, -0.2) is 10.2 Å². The monoisotopic (exact) mass is 586 g/mol. The number of halogens is 4. The van der Waals surface area contributed by atoms with E-state index in [1.807, 2.05) is 30.0 Å². The quantitative estimate of drug-likeness (QED) is 0.0641. The zero-order valence-electron chi connectivity index (χ0n) is 22.4. The van der Waals surface area contributed by atoms with E-state index >= 15 is 0 Å². The largest absolute Gasteiger partial charge is 0.573 e. The molecule has 0 aromatic heterocycles. The number of hydrazone groups is 1. The first-order valence-corrected chi connectivity index (χ1v) is 13.2. The van der Waals surface area contributed by atoms with Crippen molar-refractivity contribution in [1.82, 2.24) is 0 Å². The van der Waals surface area contributed by atoms with Crippen LogP contribution in [0.4, 0.5) is 28.9 Å². The van der Waals surface area contributed by atoms with Gasteiger partial charge in [-0.1, -0.05) is 22.9 Å². The average Bonchev–Trinajstić information content (AvgIpc) is 2.93. The molecule has 3 aromatic rings. The number of nitrogens with zero attached hydrogens (tertiary/aromatic N) is 3. The van der Waals surface area contributed by atoms with E-state index in [1.54, 1.807) is 37.4 Å². The van der Waals surface area contributed by atoms with Crippen molar-refractivity contribution in [3.8, 4) is 16.9 Å². The highest BCUT2D eigenvalue weighted by Crippen LogP contribution is 2.38. The van der Waals surface area contributed by atoms with Crippen molar-refractivity contribution >= 4 is 41.6 Å². The minimum Gasteiger partial charge on any atom is -0.406 e. The van der Waals surface area contributed by atoms with Crippen molar-refractivity contribution in [2.24, 2.45) is 10.8 Å². The first-order valence-electron chi connectivity index (χ1n) is 12.5. The third-order valence-corrected chi connectivity index (χ3v) is 6.96. The van der Waals surface area contributed by atoms with E-state index in [4.69, 9.17) is 11.3 Å². The van der Waals surface area contributed by atoms with Crippen LogP contribution in [-0.2, 0) is 0 Å². The maximum atomic E-state index is 14.4. The van der Waals surface area contributed by atoms with Gasteiger partial charge in [0.15, 0.2) is 0 Å². The molecule has 0 saturated heterocycles. The first kappa shape index (κ1) is 29.8. The third-order valence-electron chi connectivity index (χ3n) is 6.49. The SMILES string of the molecule is CC1=C(C(C)F)N=CC(C)N1c1ccc(-c2cccc(SO)c2)cc1[N+](N)=C(C=N)c1ccc(OC(F)(F)F)cc1. The molecule has 0 spiro atoms. The van der Waals surface area contributed by atoms with Crippen molar-refractivity contribution in [3.63, 3.8) is 0 Å². The maximum absolute atomic E-state index is 14.4. The second kappa shape index (κ2) is 12.1. The number of allylic oxidation sites excluding steroid dienone is 2. The molecule has 0 radical (unpaired) electrons. The summed E-state index contributed by atoms with van der Waals surface area (Å²) in [6.07, 6.45) is -3.53. The van der Waals surface area contributed by atoms with Crippen LogP contribution in [0.5, 0.6) is 5.75 Å². The Bertz CT molecular complexity index is 1530. The van der Waals surface area contributed by atoms with E-state index in [0.29, 0.717) is 39.6 Å². The van der Waals surface area contributed by atoms with Gasteiger partial charge >= 0.3 is 6.36 Å². The maximum Gasteiger partial charge on any atom is 0.573 e. The number of nitrogens with one attached hydrogen (secondary N) is 1. The third kappa shape index (κ3) is 6.60. The van der Waals surface area contributed by atoms with Crippen LogP contribution in [0.2, 0.25) is 0 Å². The number of anilines is 1. The van der Waals surface area contributed by atoms with Gasteiger partial charge < -0.3 is 19.6 Å². The summed E-state index contributed by atoms with van der Waals surface area (Å²) in [7, 11) is 0. The number of ether oxygens (including phenoxy) is 1. The number of alkyl halides is 4. The van der Waals surface area contributed by atoms with E-state index < -0.39 is 18.3 Å². The summed E-state index contributed by atoms with van der Waals surface area (Å²) in [5.41, 5.74) is 3.96. The number of aliphatic imine (C=N–C) groups is 1. The normalized spacial score (nSPS) is 16.9. The summed E-state index contributed by atoms with van der Waals surface area (Å²) in [5.74, 6) is 6.25. The molecule has 0 aliphatic carbocycles. The lowest BCUT2D eigenvalue weighted by molar-refractivity contribution is -0.449. The summed E-state index contributed by atoms with van der Waals surface area (Å²) >= 11 is 0.614. The number of hydrazine groups is 1. The fourth-order valence-corrected chi connectivity index (χ4v) is 4.97. The minimum absolute atomic E-state index is 0.181. The predicted octanol–water partition coefficient (Wildman–Crippen LogP) is 7.34. The Labute approximate surface area is 239 Å². The summed E-state index contributed by atoms with van der Waals surface area (Å²) < 4.78 is 67.2. The van der Waals surface area contributed by atoms with Gasteiger partial charge in [-0.15, -0.1) is 13.2 Å². The minimum atomic E-state index is -4.84. The van der Waals surface area contributed by atoms with Crippen LogP contribution in [-0.4, -0.2) is 46.0 Å². The first-order chi connectivity index (χ1) is 19.4. The van der Waals surface area contributed by atoms with Gasteiger partial charge in [-0.2, -0.15) is 0 Å². The molecule has 1 heterocycles. The molecule has 12 heteroatoms. The smallest absolute Gasteiger partial charge is 0.406 e. The highest BCUT2D eigenvalue weighted by molar-refractivity contribution is 7.93. The van der Waals surface area contributed by atoms with Gasteiger partial charge in [0.2, 0.25) is 0 Å². The molecular weight excluding hydrogens is 558 g/mol. The zero-order valence-corrected chi connectivity index (χ0v) is 23.2. The standard InChI is InChI=1S/C29H27F4N5O2S/c1-17-16-36-28(18(2)30)19(3)37(17)25-12-9-22(21-5-4-6-24(13-21)41-39)14-26(25)38(35)27(15-34)20-7-10-23(11-8-20)40-29(31,32)33/h4-18,34H,35H2,1-3H3/p+1. The Balaban J connectivity index is 1.92. The topological polar surface area (TPSA) is 97.9 Å². The van der Waals surface area contributed by atoms with Crippen molar-refractivity contribution < 1.29 is 31.5 Å². The molecule has 214 valence electrons. The molecule has 3 aromatic carbocycles. The summed E-state index contributed by atoms with van der Waals surface area (Å²) in [4.78, 5) is 6.81. The second-order valence-electron chi connectivity index (χ2n) is 9.27. The lowest BCUT2D eigenvalue weighted by atomic mass is 10.0. The summed E-state index contributed by atoms with van der Waals surface area (Å²) in [6.45, 7) is 5.07. The van der Waals surface area contributed by atoms with E-state index in [-0.39, 0.29) is 17.5 Å². The molecule has 2 unspecified atom stereocenters. The molecule has 1 aliphatic rings. The van der Waals surface area contributed by atoms with Crippen LogP contribution >= 0.6 is 12.0 Å². The van der Waals surface area contributed by atoms with Gasteiger partial charge in [0.1, 0.15) is 17.6 Å². The second-order valence-corrected chi connectivity index (χ2v) is 9.92. The van der Waals surface area contributed by atoms with Gasteiger partial charge in [-0.3, -0.25) is 4.99 Å². The van der Waals surface area contributed by atoms with Crippen molar-refractivity contribution in [2.75, 3.05) is 4.90 Å². The average molecular weight is 587 g/mol. The Morgan fingerprint density at radius 1 is 1.15 bits per heavy atom. The van der Waals surface area contributed by atoms with Crippen LogP contribution in [0.3, 0.4) is 0 Å². The molecule has 7 nitrogen and oxygen atoms in total. The van der Waals surface area contributed by atoms with Crippen LogP contribution in [0.15, 0.2) is 88.0 Å². The molecule has 1 aliphatic heterocycles. The number of hydrogen-bond acceptors (Lipinski definition) is 7. The van der Waals surface area contributed by atoms with Gasteiger partial charge in [0.25, 0.3) is 11.4 Å². The van der Waals surface area contributed by atoms with Crippen LogP contribution < -0.4 is 15.5 Å². The summed E-state index contributed by atoms with van der Waals surface area (Å²) in [6, 6.07) is 17.5. The number of benzene rings is 3. The highest BCUT2D eigenvalue weighted by atomic mass is 32.2. The Hall–Kier alpha value is -4.16. The number of rotatable bonds is 8. The predicted molar refractivity (Wildman–Crippen MR) is 154 cm³/mol. The fourth-order valence-electron chi connectivity index (χ4n) is 4.65. The zero-order chi connectivity index (χ0) is 29.9. The van der Waals surface area contributed by atoms with Crippen molar-refractivity contribution in [3.05, 3.63) is 83.7 Å². The molecular formula is C29H28F4N5O2S+. The van der Waals surface area contributed by atoms with Crippen molar-refractivity contribution in [2.45, 2.75) is 44.2 Å². The van der Waals surface area contributed by atoms with Crippen molar-refractivity contribution in [1.29, 1.82) is 5.41 Å². The van der Waals surface area contributed by atoms with E-state index in [9.17, 15) is 22.1 Å². The Morgan fingerprint density at radius 3 is 2.44 bits per heavy atom. The Morgan fingerprint density at radius 2 is 1.83 bits per heavy atom. The molecule has 2 atom stereocenters. The molecule has 0 bridgehead atoms. The summed E-state index contributed by atoms with van der Waals surface area (Å²) in [5, 5.41) is 8.11. The number of hydrogen-bond donors (Lipinski definition) is 3. The molecule has 41 heavy (non-hydrogen) atoms. The molecule has 0 amide bonds. The van der Waals surface area contributed by atoms with Crippen LogP contribution in [0.1, 0.15) is 26.3 Å². The molecule has 4 N–H and O–H groups in total. The lowest BCUT2D eigenvalue weighted by Crippen LogP contribution is -2.38. The van der Waals surface area contributed by atoms with E-state index in [0.717, 1.165) is 29.5 Å².